The number of carbonyl (C=O) groups is 1. The maximum absolute atomic E-state index is 12.2. The SMILES string of the molecule is NC(=O)c1sc2nc(-c3ccccc3)cc(-c3cn(-c4ccccc4)nc3-c3ccccc3)c2c1N. The third kappa shape index (κ3) is 3.72. The van der Waals surface area contributed by atoms with E-state index in [0.717, 1.165) is 39.3 Å². The molecule has 0 atom stereocenters. The lowest BCUT2D eigenvalue weighted by molar-refractivity contribution is 0.100. The van der Waals surface area contributed by atoms with E-state index in [9.17, 15) is 4.79 Å². The summed E-state index contributed by atoms with van der Waals surface area (Å²) in [6.45, 7) is 0. The Morgan fingerprint density at radius 2 is 1.42 bits per heavy atom. The van der Waals surface area contributed by atoms with E-state index in [1.165, 1.54) is 11.3 Å². The van der Waals surface area contributed by atoms with E-state index in [1.54, 1.807) is 0 Å². The molecule has 0 bridgehead atoms. The van der Waals surface area contributed by atoms with E-state index in [2.05, 4.69) is 0 Å². The number of pyridine rings is 1. The van der Waals surface area contributed by atoms with E-state index >= 15 is 0 Å². The van der Waals surface area contributed by atoms with Crippen LogP contribution in [0, 0.1) is 0 Å². The van der Waals surface area contributed by atoms with Crippen LogP contribution in [0.3, 0.4) is 0 Å². The minimum absolute atomic E-state index is 0.306. The molecule has 6 aromatic rings. The third-order valence-electron chi connectivity index (χ3n) is 6.06. The summed E-state index contributed by atoms with van der Waals surface area (Å²) >= 11 is 1.22. The Labute approximate surface area is 211 Å². The van der Waals surface area contributed by atoms with Crippen LogP contribution in [0.5, 0.6) is 0 Å². The highest BCUT2D eigenvalue weighted by atomic mass is 32.1. The predicted octanol–water partition coefficient (Wildman–Crippen LogP) is 6.16. The minimum Gasteiger partial charge on any atom is -0.397 e. The molecule has 0 spiro atoms. The van der Waals surface area contributed by atoms with Gasteiger partial charge in [0.05, 0.1) is 17.1 Å². The van der Waals surface area contributed by atoms with Gasteiger partial charge in [-0.25, -0.2) is 9.67 Å². The first-order valence-corrected chi connectivity index (χ1v) is 12.2. The summed E-state index contributed by atoms with van der Waals surface area (Å²) in [7, 11) is 0. The summed E-state index contributed by atoms with van der Waals surface area (Å²) in [5.74, 6) is -0.564. The highest BCUT2D eigenvalue weighted by Crippen LogP contribution is 2.43. The molecule has 3 aromatic carbocycles. The molecule has 0 radical (unpaired) electrons. The van der Waals surface area contributed by atoms with Crippen molar-refractivity contribution in [1.82, 2.24) is 14.8 Å². The molecule has 174 valence electrons. The van der Waals surface area contributed by atoms with Gasteiger partial charge in [0.1, 0.15) is 15.4 Å². The number of amides is 1. The molecule has 0 saturated heterocycles. The van der Waals surface area contributed by atoms with Crippen molar-refractivity contribution in [3.05, 3.63) is 108 Å². The number of para-hydroxylation sites is 1. The number of hydrogen-bond acceptors (Lipinski definition) is 5. The van der Waals surface area contributed by atoms with Gasteiger partial charge in [0.2, 0.25) is 0 Å². The number of nitrogens with zero attached hydrogens (tertiary/aromatic N) is 3. The zero-order valence-corrected chi connectivity index (χ0v) is 19.9. The van der Waals surface area contributed by atoms with E-state index in [0.29, 0.717) is 20.8 Å². The van der Waals surface area contributed by atoms with Crippen molar-refractivity contribution >= 4 is 33.1 Å². The molecular formula is C29H21N5OS. The predicted molar refractivity (Wildman–Crippen MR) is 146 cm³/mol. The molecule has 3 heterocycles. The lowest BCUT2D eigenvalue weighted by atomic mass is 9.97. The molecule has 4 N–H and O–H groups in total. The third-order valence-corrected chi connectivity index (χ3v) is 7.18. The number of thiophene rings is 1. The van der Waals surface area contributed by atoms with Crippen LogP contribution >= 0.6 is 11.3 Å². The van der Waals surface area contributed by atoms with Crippen LogP contribution < -0.4 is 11.5 Å². The van der Waals surface area contributed by atoms with Gasteiger partial charge < -0.3 is 11.5 Å². The summed E-state index contributed by atoms with van der Waals surface area (Å²) in [5.41, 5.74) is 18.7. The number of nitrogens with two attached hydrogens (primary N) is 2. The van der Waals surface area contributed by atoms with Crippen LogP contribution in [0.2, 0.25) is 0 Å². The molecule has 7 heteroatoms. The summed E-state index contributed by atoms with van der Waals surface area (Å²) in [6, 6.07) is 31.9. The zero-order chi connectivity index (χ0) is 24.6. The van der Waals surface area contributed by atoms with Crippen molar-refractivity contribution in [3.63, 3.8) is 0 Å². The number of nitrogen functional groups attached to an aromatic ring is 1. The highest BCUT2D eigenvalue weighted by molar-refractivity contribution is 7.21. The number of rotatable bonds is 5. The maximum atomic E-state index is 12.2. The van der Waals surface area contributed by atoms with Crippen molar-refractivity contribution in [3.8, 4) is 39.3 Å². The largest absolute Gasteiger partial charge is 0.397 e. The van der Waals surface area contributed by atoms with Crippen molar-refractivity contribution in [2.24, 2.45) is 5.73 Å². The fourth-order valence-corrected chi connectivity index (χ4v) is 5.34. The first kappa shape index (κ1) is 21.8. The van der Waals surface area contributed by atoms with Crippen LogP contribution in [0.25, 0.3) is 49.5 Å². The molecule has 6 nitrogen and oxygen atoms in total. The van der Waals surface area contributed by atoms with Crippen LogP contribution in [0.15, 0.2) is 103 Å². The van der Waals surface area contributed by atoms with E-state index in [1.807, 2.05) is 108 Å². The van der Waals surface area contributed by atoms with Gasteiger partial charge in [0, 0.05) is 28.3 Å². The number of aromatic nitrogens is 3. The van der Waals surface area contributed by atoms with Crippen LogP contribution in [-0.2, 0) is 0 Å². The lowest BCUT2D eigenvalue weighted by Crippen LogP contribution is -2.10. The highest BCUT2D eigenvalue weighted by Gasteiger charge is 2.23. The van der Waals surface area contributed by atoms with Gasteiger partial charge in [-0.2, -0.15) is 5.10 Å². The average Bonchev–Trinajstić information content (AvgIpc) is 3.52. The van der Waals surface area contributed by atoms with Gasteiger partial charge >= 0.3 is 0 Å². The number of hydrogen-bond donors (Lipinski definition) is 2. The molecule has 3 aromatic heterocycles. The summed E-state index contributed by atoms with van der Waals surface area (Å²) in [5, 5.41) is 5.68. The van der Waals surface area contributed by atoms with Gasteiger partial charge in [-0.05, 0) is 23.8 Å². The van der Waals surface area contributed by atoms with Gasteiger partial charge in [-0.15, -0.1) is 11.3 Å². The van der Waals surface area contributed by atoms with Gasteiger partial charge in [0.15, 0.2) is 0 Å². The Morgan fingerprint density at radius 1 is 0.806 bits per heavy atom. The molecule has 6 rings (SSSR count). The van der Waals surface area contributed by atoms with Crippen LogP contribution in [-0.4, -0.2) is 20.7 Å². The van der Waals surface area contributed by atoms with Crippen LogP contribution in [0.1, 0.15) is 9.67 Å². The zero-order valence-electron chi connectivity index (χ0n) is 19.1. The molecule has 0 aliphatic carbocycles. The lowest BCUT2D eigenvalue weighted by Gasteiger charge is -2.09. The number of benzene rings is 3. The Bertz CT molecular complexity index is 1710. The summed E-state index contributed by atoms with van der Waals surface area (Å²) in [6.07, 6.45) is 2.00. The fourth-order valence-electron chi connectivity index (χ4n) is 4.37. The van der Waals surface area contributed by atoms with Gasteiger partial charge in [-0.1, -0.05) is 78.9 Å². The number of fused-ring (bicyclic) bond motifs is 1. The number of carbonyl (C=O) groups excluding carboxylic acids is 1. The van der Waals surface area contributed by atoms with Crippen molar-refractivity contribution in [2.75, 3.05) is 5.73 Å². The standard InChI is InChI=1S/C29H21N5OS/c30-25-24-21(16-23(18-10-4-1-5-11-18)32-29(24)36-27(25)28(31)35)22-17-34(20-14-8-3-9-15-20)33-26(22)19-12-6-2-7-13-19/h1-17H,30H2,(H2,31,35). The van der Waals surface area contributed by atoms with E-state index in [-0.39, 0.29) is 0 Å². The van der Waals surface area contributed by atoms with Gasteiger partial charge in [-0.3, -0.25) is 4.79 Å². The second-order valence-electron chi connectivity index (χ2n) is 8.35. The number of anilines is 1. The molecule has 0 fully saturated rings. The molecule has 0 aliphatic rings. The van der Waals surface area contributed by atoms with E-state index in [4.69, 9.17) is 21.5 Å². The molecule has 1 amide bonds. The quantitative estimate of drug-likeness (QED) is 0.304. The van der Waals surface area contributed by atoms with Crippen LogP contribution in [0.4, 0.5) is 5.69 Å². The second-order valence-corrected chi connectivity index (χ2v) is 9.35. The molecule has 36 heavy (non-hydrogen) atoms. The van der Waals surface area contributed by atoms with E-state index < -0.39 is 5.91 Å². The Balaban J connectivity index is 1.69. The number of primary amides is 1. The second kappa shape index (κ2) is 8.79. The smallest absolute Gasteiger partial charge is 0.260 e. The Kier molecular flexibility index (Phi) is 5.32. The van der Waals surface area contributed by atoms with Crippen molar-refractivity contribution in [2.45, 2.75) is 0 Å². The molecule has 0 saturated carbocycles. The first-order chi connectivity index (χ1) is 17.6. The van der Waals surface area contributed by atoms with Crippen molar-refractivity contribution < 1.29 is 4.79 Å². The average molecular weight is 488 g/mol. The van der Waals surface area contributed by atoms with Crippen molar-refractivity contribution in [1.29, 1.82) is 0 Å². The first-order valence-electron chi connectivity index (χ1n) is 11.4. The Hall–Kier alpha value is -4.75. The summed E-state index contributed by atoms with van der Waals surface area (Å²) in [4.78, 5) is 18.0. The fraction of sp³-hybridized carbons (Fsp3) is 0. The normalized spacial score (nSPS) is 11.1. The Morgan fingerprint density at radius 3 is 2.06 bits per heavy atom. The molecule has 0 unspecified atom stereocenters. The maximum Gasteiger partial charge on any atom is 0.260 e. The van der Waals surface area contributed by atoms with Gasteiger partial charge in [0.25, 0.3) is 5.91 Å². The molecular weight excluding hydrogens is 466 g/mol. The monoisotopic (exact) mass is 487 g/mol. The minimum atomic E-state index is -0.564. The summed E-state index contributed by atoms with van der Waals surface area (Å²) < 4.78 is 1.86. The molecule has 0 aliphatic heterocycles. The topological polar surface area (TPSA) is 99.8 Å².